The zero-order valence-corrected chi connectivity index (χ0v) is 15.7. The molecule has 0 bridgehead atoms. The molecule has 0 saturated heterocycles. The van der Waals surface area contributed by atoms with E-state index >= 15 is 0 Å². The summed E-state index contributed by atoms with van der Waals surface area (Å²) >= 11 is 0. The normalized spacial score (nSPS) is 19.7. The number of nitrogens with two attached hydrogens (primary N) is 1. The van der Waals surface area contributed by atoms with Crippen LogP contribution in [0.15, 0.2) is 57.6 Å². The number of hydrogen-bond acceptors (Lipinski definition) is 8. The number of anilines is 1. The number of rotatable bonds is 4. The van der Waals surface area contributed by atoms with E-state index in [1.54, 1.807) is 30.3 Å². The molecule has 0 aromatic heterocycles. The summed E-state index contributed by atoms with van der Waals surface area (Å²) in [7, 11) is -9.88. The van der Waals surface area contributed by atoms with Gasteiger partial charge in [-0.1, -0.05) is 30.4 Å². The predicted molar refractivity (Wildman–Crippen MR) is 100 cm³/mol. The third-order valence-electron chi connectivity index (χ3n) is 4.14. The van der Waals surface area contributed by atoms with Gasteiger partial charge >= 0.3 is 0 Å². The van der Waals surface area contributed by atoms with E-state index < -0.39 is 53.4 Å². The summed E-state index contributed by atoms with van der Waals surface area (Å²) in [6, 6.07) is 9.03. The lowest BCUT2D eigenvalue weighted by molar-refractivity contribution is 0.115. The Kier molecular flexibility index (Phi) is 4.85. The number of fused-ring (bicyclic) bond motifs is 1. The van der Waals surface area contributed by atoms with Crippen LogP contribution in [0.2, 0.25) is 0 Å². The van der Waals surface area contributed by atoms with E-state index in [9.17, 15) is 31.0 Å². The van der Waals surface area contributed by atoms with E-state index in [4.69, 9.17) is 5.73 Å². The van der Waals surface area contributed by atoms with Crippen molar-refractivity contribution in [1.82, 2.24) is 0 Å². The highest BCUT2D eigenvalue weighted by Gasteiger charge is 2.47. The van der Waals surface area contributed by atoms with Crippen LogP contribution in [0.1, 0.15) is 17.5 Å². The van der Waals surface area contributed by atoms with Crippen molar-refractivity contribution in [3.63, 3.8) is 0 Å². The molecule has 1 aliphatic carbocycles. The van der Waals surface area contributed by atoms with Gasteiger partial charge in [-0.05, 0) is 23.8 Å². The molecule has 1 atom stereocenters. The SMILES string of the molecule is Nc1c(N=Nc2ccccc2)c(S(=O)(=O)O)cc2c1C(O)(S(=O)(=O)O)CC=C2. The van der Waals surface area contributed by atoms with E-state index in [0.717, 1.165) is 6.07 Å². The third kappa shape index (κ3) is 3.43. The maximum Gasteiger partial charge on any atom is 0.299 e. The molecule has 0 spiro atoms. The van der Waals surface area contributed by atoms with E-state index in [1.807, 2.05) is 0 Å². The van der Waals surface area contributed by atoms with E-state index in [1.165, 1.54) is 12.2 Å². The van der Waals surface area contributed by atoms with Crippen molar-refractivity contribution >= 4 is 43.4 Å². The molecule has 3 rings (SSSR count). The molecule has 10 nitrogen and oxygen atoms in total. The summed E-state index contributed by atoms with van der Waals surface area (Å²) in [5.74, 6) is 0. The lowest BCUT2D eigenvalue weighted by atomic mass is 9.92. The van der Waals surface area contributed by atoms with E-state index in [-0.39, 0.29) is 5.56 Å². The molecule has 0 saturated carbocycles. The Hall–Kier alpha value is -2.64. The summed E-state index contributed by atoms with van der Waals surface area (Å²) in [4.78, 5) is -3.54. The van der Waals surface area contributed by atoms with Gasteiger partial charge in [-0.15, -0.1) is 5.11 Å². The van der Waals surface area contributed by atoms with Crippen molar-refractivity contribution in [2.45, 2.75) is 16.2 Å². The minimum absolute atomic E-state index is 0.116. The molecule has 0 radical (unpaired) electrons. The summed E-state index contributed by atoms with van der Waals surface area (Å²) in [6.07, 6.45) is 2.00. The average molecular weight is 425 g/mol. The molecule has 2 aromatic carbocycles. The lowest BCUT2D eigenvalue weighted by Gasteiger charge is -2.30. The highest BCUT2D eigenvalue weighted by Crippen LogP contribution is 2.47. The Morgan fingerprint density at radius 2 is 1.68 bits per heavy atom. The zero-order chi connectivity index (χ0) is 20.7. The number of hydrogen-bond donors (Lipinski definition) is 4. The molecule has 148 valence electrons. The van der Waals surface area contributed by atoms with Crippen molar-refractivity contribution in [2.24, 2.45) is 10.2 Å². The van der Waals surface area contributed by atoms with Crippen LogP contribution in [0.25, 0.3) is 6.08 Å². The Morgan fingerprint density at radius 3 is 2.25 bits per heavy atom. The van der Waals surface area contributed by atoms with Crippen LogP contribution in [-0.2, 0) is 25.2 Å². The average Bonchev–Trinajstić information content (AvgIpc) is 2.60. The van der Waals surface area contributed by atoms with E-state index in [0.29, 0.717) is 5.69 Å². The van der Waals surface area contributed by atoms with Gasteiger partial charge in [0.1, 0.15) is 10.6 Å². The van der Waals surface area contributed by atoms with Gasteiger partial charge in [0, 0.05) is 12.0 Å². The summed E-state index contributed by atoms with van der Waals surface area (Å²) < 4.78 is 66.2. The highest BCUT2D eigenvalue weighted by molar-refractivity contribution is 7.86. The molecule has 0 heterocycles. The Morgan fingerprint density at radius 1 is 1.04 bits per heavy atom. The molecule has 1 unspecified atom stereocenters. The van der Waals surface area contributed by atoms with Gasteiger partial charge < -0.3 is 10.8 Å². The molecule has 12 heteroatoms. The van der Waals surface area contributed by atoms with Crippen molar-refractivity contribution in [3.8, 4) is 0 Å². The Balaban J connectivity index is 2.34. The monoisotopic (exact) mass is 425 g/mol. The van der Waals surface area contributed by atoms with Crippen LogP contribution in [-0.4, -0.2) is 31.0 Å². The maximum absolute atomic E-state index is 11.8. The van der Waals surface area contributed by atoms with Crippen LogP contribution in [0.4, 0.5) is 17.1 Å². The molecular formula is C16H15N3O7S2. The number of benzene rings is 2. The molecule has 0 aliphatic heterocycles. The lowest BCUT2D eigenvalue weighted by Crippen LogP contribution is -2.37. The molecular weight excluding hydrogens is 410 g/mol. The largest absolute Gasteiger partial charge is 0.397 e. The molecule has 28 heavy (non-hydrogen) atoms. The zero-order valence-electron chi connectivity index (χ0n) is 14.1. The van der Waals surface area contributed by atoms with Gasteiger partial charge in [-0.2, -0.15) is 21.9 Å². The van der Waals surface area contributed by atoms with Crippen molar-refractivity contribution in [1.29, 1.82) is 0 Å². The first-order chi connectivity index (χ1) is 12.9. The number of aliphatic hydroxyl groups is 1. The molecule has 5 N–H and O–H groups in total. The van der Waals surface area contributed by atoms with Gasteiger partial charge in [0.2, 0.25) is 4.93 Å². The second-order valence-corrected chi connectivity index (χ2v) is 8.99. The fourth-order valence-corrected chi connectivity index (χ4v) is 4.30. The quantitative estimate of drug-likeness (QED) is 0.327. The van der Waals surface area contributed by atoms with Crippen LogP contribution in [0, 0.1) is 0 Å². The molecule has 1 aliphatic rings. The van der Waals surface area contributed by atoms with E-state index in [2.05, 4.69) is 10.2 Å². The highest BCUT2D eigenvalue weighted by atomic mass is 32.2. The van der Waals surface area contributed by atoms with Gasteiger partial charge in [0.05, 0.1) is 11.4 Å². The maximum atomic E-state index is 11.8. The van der Waals surface area contributed by atoms with Gasteiger partial charge in [-0.3, -0.25) is 9.11 Å². The van der Waals surface area contributed by atoms with Crippen LogP contribution in [0.5, 0.6) is 0 Å². The third-order valence-corrected chi connectivity index (χ3v) is 6.23. The predicted octanol–water partition coefficient (Wildman–Crippen LogP) is 2.38. The van der Waals surface area contributed by atoms with Crippen LogP contribution >= 0.6 is 0 Å². The van der Waals surface area contributed by atoms with Crippen molar-refractivity contribution in [2.75, 3.05) is 5.73 Å². The summed E-state index contributed by atoms with van der Waals surface area (Å²) in [5, 5.41) is 18.2. The number of nitrogen functional groups attached to an aromatic ring is 1. The minimum Gasteiger partial charge on any atom is -0.397 e. The van der Waals surface area contributed by atoms with Gasteiger partial charge in [0.25, 0.3) is 20.2 Å². The fraction of sp³-hybridized carbons (Fsp3) is 0.125. The van der Waals surface area contributed by atoms with Gasteiger partial charge in [0.15, 0.2) is 0 Å². The topological polar surface area (TPSA) is 180 Å². The first-order valence-electron chi connectivity index (χ1n) is 7.72. The summed E-state index contributed by atoms with van der Waals surface area (Å²) in [5.41, 5.74) is 4.57. The standard InChI is InChI=1S/C16H15N3O7S2/c17-14-13-10(5-4-8-16(13,20)28(24,25)26)9-12(27(21,22)23)15(14)19-18-11-6-2-1-3-7-11/h1-7,9,20H,8,17H2,(H,21,22,23)(H,24,25,26). The second-order valence-electron chi connectivity index (χ2n) is 5.98. The van der Waals surface area contributed by atoms with Gasteiger partial charge in [-0.25, -0.2) is 0 Å². The fourth-order valence-electron chi connectivity index (χ4n) is 2.84. The molecule has 2 aromatic rings. The number of nitrogens with zero attached hydrogens (tertiary/aromatic N) is 2. The van der Waals surface area contributed by atoms with Crippen molar-refractivity contribution < 1.29 is 31.0 Å². The Bertz CT molecular complexity index is 1210. The Labute approximate surface area is 160 Å². The van der Waals surface area contributed by atoms with Crippen LogP contribution in [0.3, 0.4) is 0 Å². The molecule has 0 amide bonds. The summed E-state index contributed by atoms with van der Waals surface area (Å²) in [6.45, 7) is 0. The first-order valence-corrected chi connectivity index (χ1v) is 10.6. The van der Waals surface area contributed by atoms with Crippen LogP contribution < -0.4 is 5.73 Å². The number of azo groups is 1. The van der Waals surface area contributed by atoms with Crippen molar-refractivity contribution in [3.05, 3.63) is 53.6 Å². The minimum atomic E-state index is -5.05. The molecule has 0 fully saturated rings. The second kappa shape index (κ2) is 6.76. The smallest absolute Gasteiger partial charge is 0.299 e. The first kappa shape index (κ1) is 20.1.